The lowest BCUT2D eigenvalue weighted by Gasteiger charge is -2.35. The Kier molecular flexibility index (Phi) is 2.86. The number of nitrogens with zero attached hydrogens (tertiary/aromatic N) is 2. The predicted molar refractivity (Wildman–Crippen MR) is 76.2 cm³/mol. The fraction of sp³-hybridized carbons (Fsp3) is 0.533. The van der Waals surface area contributed by atoms with Crippen LogP contribution in [0.4, 0.5) is 0 Å². The first-order chi connectivity index (χ1) is 8.56. The average Bonchev–Trinajstić information content (AvgIpc) is 2.63. The zero-order valence-corrected chi connectivity index (χ0v) is 11.9. The molecule has 96 valence electrons. The molecule has 3 rings (SSSR count). The van der Waals surface area contributed by atoms with E-state index in [1.54, 1.807) is 0 Å². The summed E-state index contributed by atoms with van der Waals surface area (Å²) in [4.78, 5) is 4.71. The number of alkyl halides is 1. The number of hydrogen-bond acceptors (Lipinski definition) is 1. The third kappa shape index (κ3) is 1.83. The molecule has 0 saturated heterocycles. The minimum atomic E-state index is -0.0337. The summed E-state index contributed by atoms with van der Waals surface area (Å²) in [5.41, 5.74) is 3.60. The smallest absolute Gasteiger partial charge is 0.127 e. The van der Waals surface area contributed by atoms with Gasteiger partial charge < -0.3 is 4.57 Å². The maximum Gasteiger partial charge on any atom is 0.127 e. The Labute approximate surface area is 113 Å². The summed E-state index contributed by atoms with van der Waals surface area (Å²) in [6.45, 7) is 6.45. The fourth-order valence-corrected chi connectivity index (χ4v) is 3.11. The van der Waals surface area contributed by atoms with Gasteiger partial charge in [0.15, 0.2) is 0 Å². The van der Waals surface area contributed by atoms with Gasteiger partial charge in [-0.05, 0) is 50.3 Å². The number of halogens is 1. The predicted octanol–water partition coefficient (Wildman–Crippen LogP) is 4.62. The van der Waals surface area contributed by atoms with Crippen molar-refractivity contribution in [3.8, 4) is 0 Å². The standard InChI is InChI=1S/C15H19ClN2/c1-9-4-5-13-14(8-9)18(12-6-10(2)7-12)15(17-13)11(3)16/h4-5,8,10-12H,6-7H2,1-3H3. The van der Waals surface area contributed by atoms with Crippen molar-refractivity contribution in [2.75, 3.05) is 0 Å². The van der Waals surface area contributed by atoms with Crippen LogP contribution in [-0.4, -0.2) is 9.55 Å². The molecule has 1 fully saturated rings. The van der Waals surface area contributed by atoms with E-state index in [1.165, 1.54) is 23.9 Å². The minimum Gasteiger partial charge on any atom is -0.324 e. The van der Waals surface area contributed by atoms with Crippen LogP contribution in [0.15, 0.2) is 18.2 Å². The van der Waals surface area contributed by atoms with Gasteiger partial charge in [-0.2, -0.15) is 0 Å². The molecule has 1 aromatic heterocycles. The molecule has 1 aromatic carbocycles. The van der Waals surface area contributed by atoms with Crippen molar-refractivity contribution in [1.29, 1.82) is 0 Å². The molecule has 1 saturated carbocycles. The van der Waals surface area contributed by atoms with Crippen LogP contribution in [0.3, 0.4) is 0 Å². The van der Waals surface area contributed by atoms with Gasteiger partial charge in [0.05, 0.1) is 16.4 Å². The van der Waals surface area contributed by atoms with Crippen LogP contribution < -0.4 is 0 Å². The van der Waals surface area contributed by atoms with Crippen molar-refractivity contribution >= 4 is 22.6 Å². The second-order valence-corrected chi connectivity index (χ2v) is 6.33. The summed E-state index contributed by atoms with van der Waals surface area (Å²) < 4.78 is 2.38. The molecule has 0 amide bonds. The Morgan fingerprint density at radius 2 is 2.11 bits per heavy atom. The zero-order chi connectivity index (χ0) is 12.9. The van der Waals surface area contributed by atoms with Crippen molar-refractivity contribution in [3.63, 3.8) is 0 Å². The van der Waals surface area contributed by atoms with E-state index >= 15 is 0 Å². The molecule has 0 aliphatic heterocycles. The van der Waals surface area contributed by atoms with Gasteiger partial charge in [0.1, 0.15) is 5.82 Å². The Hall–Kier alpha value is -1.02. The molecule has 0 bridgehead atoms. The van der Waals surface area contributed by atoms with E-state index in [0.29, 0.717) is 6.04 Å². The van der Waals surface area contributed by atoms with Gasteiger partial charge in [0, 0.05) is 6.04 Å². The molecule has 0 radical (unpaired) electrons. The van der Waals surface area contributed by atoms with Crippen molar-refractivity contribution < 1.29 is 0 Å². The van der Waals surface area contributed by atoms with Crippen LogP contribution in [0.2, 0.25) is 0 Å². The molecule has 1 unspecified atom stereocenters. The lowest BCUT2D eigenvalue weighted by Crippen LogP contribution is -2.26. The number of imidazole rings is 1. The van der Waals surface area contributed by atoms with Gasteiger partial charge in [-0.3, -0.25) is 0 Å². The van der Waals surface area contributed by atoms with Gasteiger partial charge in [-0.15, -0.1) is 11.6 Å². The number of fused-ring (bicyclic) bond motifs is 1. The quantitative estimate of drug-likeness (QED) is 0.723. The molecule has 1 aliphatic carbocycles. The summed E-state index contributed by atoms with van der Waals surface area (Å²) in [6, 6.07) is 7.04. The van der Waals surface area contributed by atoms with Crippen molar-refractivity contribution in [2.45, 2.75) is 45.0 Å². The molecule has 2 nitrogen and oxygen atoms in total. The van der Waals surface area contributed by atoms with Crippen molar-refractivity contribution in [2.24, 2.45) is 5.92 Å². The Morgan fingerprint density at radius 1 is 1.39 bits per heavy atom. The monoisotopic (exact) mass is 262 g/mol. The lowest BCUT2D eigenvalue weighted by molar-refractivity contribution is 0.216. The molecule has 3 heteroatoms. The first-order valence-corrected chi connectivity index (χ1v) is 7.12. The number of aromatic nitrogens is 2. The Balaban J connectivity index is 2.17. The molecule has 2 aromatic rings. The molecule has 1 atom stereocenters. The summed E-state index contributed by atoms with van der Waals surface area (Å²) in [6.07, 6.45) is 2.49. The molecular weight excluding hydrogens is 244 g/mol. The molecular formula is C15H19ClN2. The minimum absolute atomic E-state index is 0.0337. The maximum atomic E-state index is 6.30. The van der Waals surface area contributed by atoms with Crippen molar-refractivity contribution in [3.05, 3.63) is 29.6 Å². The Morgan fingerprint density at radius 3 is 2.72 bits per heavy atom. The van der Waals surface area contributed by atoms with Gasteiger partial charge in [0.2, 0.25) is 0 Å². The fourth-order valence-electron chi connectivity index (χ4n) is 2.96. The number of aryl methyl sites for hydroxylation is 1. The highest BCUT2D eigenvalue weighted by Gasteiger charge is 2.30. The van der Waals surface area contributed by atoms with Gasteiger partial charge in [-0.1, -0.05) is 13.0 Å². The molecule has 1 heterocycles. The maximum absolute atomic E-state index is 6.30. The van der Waals surface area contributed by atoms with E-state index in [-0.39, 0.29) is 5.38 Å². The van der Waals surface area contributed by atoms with E-state index in [9.17, 15) is 0 Å². The van der Waals surface area contributed by atoms with E-state index in [0.717, 1.165) is 17.3 Å². The first-order valence-electron chi connectivity index (χ1n) is 6.69. The second kappa shape index (κ2) is 4.27. The number of rotatable bonds is 2. The lowest BCUT2D eigenvalue weighted by atomic mass is 9.81. The van der Waals surface area contributed by atoms with Crippen LogP contribution in [0.5, 0.6) is 0 Å². The van der Waals surface area contributed by atoms with Crippen molar-refractivity contribution in [1.82, 2.24) is 9.55 Å². The zero-order valence-electron chi connectivity index (χ0n) is 11.2. The summed E-state index contributed by atoms with van der Waals surface area (Å²) in [7, 11) is 0. The van der Waals surface area contributed by atoms with E-state index in [2.05, 4.69) is 36.6 Å². The third-order valence-electron chi connectivity index (χ3n) is 3.94. The number of hydrogen-bond donors (Lipinski definition) is 0. The summed E-state index contributed by atoms with van der Waals surface area (Å²) >= 11 is 6.30. The van der Waals surface area contributed by atoms with Crippen LogP contribution in [0.25, 0.3) is 11.0 Å². The third-order valence-corrected chi connectivity index (χ3v) is 4.14. The highest BCUT2D eigenvalue weighted by atomic mass is 35.5. The van der Waals surface area contributed by atoms with Gasteiger partial charge in [-0.25, -0.2) is 4.98 Å². The van der Waals surface area contributed by atoms with Crippen LogP contribution in [0.1, 0.15) is 49.5 Å². The SMILES string of the molecule is Cc1ccc2nc(C(C)Cl)n(C3CC(C)C3)c2c1. The molecule has 18 heavy (non-hydrogen) atoms. The molecule has 0 spiro atoms. The largest absolute Gasteiger partial charge is 0.324 e. The van der Waals surface area contributed by atoms with E-state index < -0.39 is 0 Å². The van der Waals surface area contributed by atoms with Crippen LogP contribution in [-0.2, 0) is 0 Å². The Bertz CT molecular complexity index is 579. The topological polar surface area (TPSA) is 17.8 Å². The average molecular weight is 263 g/mol. The summed E-state index contributed by atoms with van der Waals surface area (Å²) in [5.74, 6) is 1.85. The molecule has 1 aliphatic rings. The first kappa shape index (κ1) is 12.0. The normalized spacial score (nSPS) is 25.1. The van der Waals surface area contributed by atoms with Crippen LogP contribution >= 0.6 is 11.6 Å². The second-order valence-electron chi connectivity index (χ2n) is 5.68. The van der Waals surface area contributed by atoms with Gasteiger partial charge >= 0.3 is 0 Å². The highest BCUT2D eigenvalue weighted by molar-refractivity contribution is 6.20. The molecule has 0 N–H and O–H groups in total. The highest BCUT2D eigenvalue weighted by Crippen LogP contribution is 2.41. The summed E-state index contributed by atoms with van der Waals surface area (Å²) in [5, 5.41) is -0.0337. The van der Waals surface area contributed by atoms with E-state index in [1.807, 2.05) is 6.92 Å². The van der Waals surface area contributed by atoms with Crippen LogP contribution in [0, 0.1) is 12.8 Å². The van der Waals surface area contributed by atoms with E-state index in [4.69, 9.17) is 16.6 Å². The number of benzene rings is 1. The van der Waals surface area contributed by atoms with Gasteiger partial charge in [0.25, 0.3) is 0 Å².